The summed E-state index contributed by atoms with van der Waals surface area (Å²) in [7, 11) is 0. The molecule has 0 fully saturated rings. The number of aliphatic imine (C=N–C) groups is 2. The Kier molecular flexibility index (Phi) is 5.88. The first-order valence-electron chi connectivity index (χ1n) is 10.1. The Morgan fingerprint density at radius 1 is 0.586 bits per heavy atom. The fraction of sp³-hybridized carbons (Fsp3) is 0.308. The number of hydrogen-bond donors (Lipinski definition) is 1. The molecule has 0 saturated carbocycles. The molecule has 1 heterocycles. The lowest BCUT2D eigenvalue weighted by molar-refractivity contribution is 1.26. The second kappa shape index (κ2) is 8.20. The van der Waals surface area contributed by atoms with Crippen LogP contribution in [0, 0.1) is 41.5 Å². The number of nitrogens with one attached hydrogen (secondary N) is 1. The molecule has 3 aromatic rings. The van der Waals surface area contributed by atoms with Gasteiger partial charge in [-0.05, 0) is 89.8 Å². The number of H-pyrrole nitrogens is 1. The molecule has 0 bridgehead atoms. The Morgan fingerprint density at radius 2 is 0.897 bits per heavy atom. The van der Waals surface area contributed by atoms with E-state index in [9.17, 15) is 0 Å². The Balaban J connectivity index is 1.93. The van der Waals surface area contributed by atoms with Gasteiger partial charge in [-0.2, -0.15) is 0 Å². The SMILES string of the molecule is C/C(=N\c1c(C)cc(C)cc1C)c1ccc(/C(C)=N/c2c(C)cc(C)cc2C)[nH]1. The second-order valence-electron chi connectivity index (χ2n) is 8.17. The van der Waals surface area contributed by atoms with Crippen molar-refractivity contribution >= 4 is 22.8 Å². The van der Waals surface area contributed by atoms with E-state index in [1.807, 2.05) is 0 Å². The first-order valence-corrected chi connectivity index (χ1v) is 10.1. The summed E-state index contributed by atoms with van der Waals surface area (Å²) < 4.78 is 0. The predicted octanol–water partition coefficient (Wildman–Crippen LogP) is 7.15. The molecule has 3 nitrogen and oxygen atoms in total. The summed E-state index contributed by atoms with van der Waals surface area (Å²) in [5.74, 6) is 0. The molecule has 0 radical (unpaired) electrons. The molecule has 0 saturated heterocycles. The van der Waals surface area contributed by atoms with Crippen LogP contribution in [0.3, 0.4) is 0 Å². The van der Waals surface area contributed by atoms with Gasteiger partial charge in [0.05, 0.1) is 34.2 Å². The fourth-order valence-corrected chi connectivity index (χ4v) is 3.97. The zero-order chi connectivity index (χ0) is 21.3. The van der Waals surface area contributed by atoms with Crippen LogP contribution in [0.2, 0.25) is 0 Å². The van der Waals surface area contributed by atoms with E-state index >= 15 is 0 Å². The minimum Gasteiger partial charge on any atom is -0.353 e. The van der Waals surface area contributed by atoms with Crippen LogP contribution in [0.5, 0.6) is 0 Å². The highest BCUT2D eigenvalue weighted by Crippen LogP contribution is 2.27. The molecule has 29 heavy (non-hydrogen) atoms. The molecule has 0 amide bonds. The van der Waals surface area contributed by atoms with Crippen LogP contribution in [0.4, 0.5) is 11.4 Å². The van der Waals surface area contributed by atoms with Crippen molar-refractivity contribution in [1.82, 2.24) is 4.98 Å². The molecule has 1 N–H and O–H groups in total. The monoisotopic (exact) mass is 385 g/mol. The third-order valence-electron chi connectivity index (χ3n) is 5.30. The van der Waals surface area contributed by atoms with Crippen LogP contribution < -0.4 is 0 Å². The van der Waals surface area contributed by atoms with Crippen molar-refractivity contribution in [3.63, 3.8) is 0 Å². The van der Waals surface area contributed by atoms with Crippen molar-refractivity contribution in [2.75, 3.05) is 0 Å². The highest BCUT2D eigenvalue weighted by Gasteiger charge is 2.09. The van der Waals surface area contributed by atoms with Crippen LogP contribution >= 0.6 is 0 Å². The molecule has 0 aliphatic rings. The number of rotatable bonds is 4. The maximum Gasteiger partial charge on any atom is 0.0692 e. The van der Waals surface area contributed by atoms with Gasteiger partial charge in [0, 0.05) is 0 Å². The van der Waals surface area contributed by atoms with Gasteiger partial charge in [0.2, 0.25) is 0 Å². The first kappa shape index (κ1) is 20.8. The molecule has 2 aromatic carbocycles. The van der Waals surface area contributed by atoms with Gasteiger partial charge in [-0.25, -0.2) is 0 Å². The molecular formula is C26H31N3. The van der Waals surface area contributed by atoms with Crippen molar-refractivity contribution in [2.45, 2.75) is 55.4 Å². The smallest absolute Gasteiger partial charge is 0.0692 e. The largest absolute Gasteiger partial charge is 0.353 e. The summed E-state index contributed by atoms with van der Waals surface area (Å²) in [6.45, 7) is 16.8. The summed E-state index contributed by atoms with van der Waals surface area (Å²) >= 11 is 0. The Bertz CT molecular complexity index is 993. The summed E-state index contributed by atoms with van der Waals surface area (Å²) in [5, 5.41) is 0. The number of nitrogens with zero attached hydrogens (tertiary/aromatic N) is 2. The normalized spacial score (nSPS) is 12.6. The van der Waals surface area contributed by atoms with Crippen LogP contribution in [-0.4, -0.2) is 16.4 Å². The Morgan fingerprint density at radius 3 is 1.21 bits per heavy atom. The maximum atomic E-state index is 4.91. The van der Waals surface area contributed by atoms with Crippen molar-refractivity contribution < 1.29 is 0 Å². The van der Waals surface area contributed by atoms with E-state index < -0.39 is 0 Å². The van der Waals surface area contributed by atoms with Gasteiger partial charge >= 0.3 is 0 Å². The molecule has 0 aliphatic carbocycles. The molecule has 0 aliphatic heterocycles. The standard InChI is InChI=1S/C26H31N3/c1-15-11-17(3)25(18(4)12-15)27-21(7)23-9-10-24(29-23)22(8)28-26-19(5)13-16(2)14-20(26)6/h9-14,29H,1-8H3/b27-21+,28-22+. The molecular weight excluding hydrogens is 354 g/mol. The van der Waals surface area contributed by atoms with Gasteiger partial charge in [-0.1, -0.05) is 35.4 Å². The molecule has 3 rings (SSSR count). The topological polar surface area (TPSA) is 40.5 Å². The van der Waals surface area contributed by atoms with Crippen molar-refractivity contribution in [3.05, 3.63) is 81.2 Å². The summed E-state index contributed by atoms with van der Waals surface area (Å²) in [5.41, 5.74) is 13.5. The van der Waals surface area contributed by atoms with E-state index in [0.717, 1.165) is 34.2 Å². The van der Waals surface area contributed by atoms with Crippen molar-refractivity contribution in [3.8, 4) is 0 Å². The highest BCUT2D eigenvalue weighted by atomic mass is 14.8. The van der Waals surface area contributed by atoms with E-state index in [0.29, 0.717) is 0 Å². The predicted molar refractivity (Wildman–Crippen MR) is 126 cm³/mol. The number of aromatic amines is 1. The third kappa shape index (κ3) is 4.56. The van der Waals surface area contributed by atoms with Crippen molar-refractivity contribution in [1.29, 1.82) is 0 Å². The van der Waals surface area contributed by atoms with Crippen LogP contribution in [0.15, 0.2) is 46.4 Å². The number of aryl methyl sites for hydroxylation is 6. The summed E-state index contributed by atoms with van der Waals surface area (Å²) in [6, 6.07) is 12.9. The lowest BCUT2D eigenvalue weighted by Gasteiger charge is -2.09. The van der Waals surface area contributed by atoms with E-state index in [1.165, 1.54) is 33.4 Å². The van der Waals surface area contributed by atoms with E-state index in [1.54, 1.807) is 0 Å². The van der Waals surface area contributed by atoms with Crippen LogP contribution in [0.25, 0.3) is 0 Å². The van der Waals surface area contributed by atoms with Gasteiger partial charge in [0.1, 0.15) is 0 Å². The average Bonchev–Trinajstić information content (AvgIpc) is 3.11. The van der Waals surface area contributed by atoms with E-state index in [-0.39, 0.29) is 0 Å². The average molecular weight is 386 g/mol. The van der Waals surface area contributed by atoms with E-state index in [2.05, 4.69) is 96.8 Å². The summed E-state index contributed by atoms with van der Waals surface area (Å²) in [4.78, 5) is 13.3. The highest BCUT2D eigenvalue weighted by molar-refractivity contribution is 6.03. The maximum absolute atomic E-state index is 4.91. The molecule has 1 aromatic heterocycles. The quantitative estimate of drug-likeness (QED) is 0.463. The number of aromatic nitrogens is 1. The van der Waals surface area contributed by atoms with Crippen LogP contribution in [0.1, 0.15) is 58.6 Å². The molecule has 3 heteroatoms. The van der Waals surface area contributed by atoms with Gasteiger partial charge in [0.15, 0.2) is 0 Å². The van der Waals surface area contributed by atoms with Gasteiger partial charge < -0.3 is 4.98 Å². The summed E-state index contributed by atoms with van der Waals surface area (Å²) in [6.07, 6.45) is 0. The lowest BCUT2D eigenvalue weighted by Crippen LogP contribution is -2.00. The van der Waals surface area contributed by atoms with Gasteiger partial charge in [-0.15, -0.1) is 0 Å². The molecule has 0 atom stereocenters. The van der Waals surface area contributed by atoms with Gasteiger partial charge in [-0.3, -0.25) is 9.98 Å². The number of hydrogen-bond acceptors (Lipinski definition) is 2. The second-order valence-corrected chi connectivity index (χ2v) is 8.17. The zero-order valence-corrected chi connectivity index (χ0v) is 18.9. The van der Waals surface area contributed by atoms with E-state index in [4.69, 9.17) is 9.98 Å². The Labute approximate surface area is 174 Å². The van der Waals surface area contributed by atoms with Gasteiger partial charge in [0.25, 0.3) is 0 Å². The van der Waals surface area contributed by atoms with Crippen LogP contribution in [-0.2, 0) is 0 Å². The molecule has 150 valence electrons. The third-order valence-corrected chi connectivity index (χ3v) is 5.30. The zero-order valence-electron chi connectivity index (χ0n) is 18.9. The fourth-order valence-electron chi connectivity index (χ4n) is 3.97. The first-order chi connectivity index (χ1) is 13.7. The minimum atomic E-state index is 0.974. The molecule has 0 unspecified atom stereocenters. The molecule has 0 spiro atoms. The lowest BCUT2D eigenvalue weighted by atomic mass is 10.1. The minimum absolute atomic E-state index is 0.974. The van der Waals surface area contributed by atoms with Crippen molar-refractivity contribution in [2.24, 2.45) is 9.98 Å². The number of benzene rings is 2. The Hall–Kier alpha value is -2.94.